The standard InChI is InChI=1S/C23H28N4.C2H6/c1-25-11-13-26(14-12-25)20-9-10-21-23(16-20)27(17-24-21)22(15-18-7-8-18)19-5-3-2-4-6-19;1-2/h2-6,9-10,16-18,22H,7-8,11-15H2,1H3;1-2H3. The molecule has 1 unspecified atom stereocenters. The van der Waals surface area contributed by atoms with Crippen molar-refractivity contribution >= 4 is 16.7 Å². The van der Waals surface area contributed by atoms with E-state index in [0.29, 0.717) is 6.04 Å². The molecule has 1 saturated heterocycles. The summed E-state index contributed by atoms with van der Waals surface area (Å²) in [4.78, 5) is 9.64. The Morgan fingerprint density at radius 1 is 0.966 bits per heavy atom. The molecule has 1 aliphatic heterocycles. The van der Waals surface area contributed by atoms with Crippen LogP contribution in [-0.4, -0.2) is 47.7 Å². The normalized spacial score (nSPS) is 18.4. The fourth-order valence-corrected chi connectivity index (χ4v) is 4.28. The number of hydrogen-bond donors (Lipinski definition) is 0. The van der Waals surface area contributed by atoms with E-state index in [1.54, 1.807) is 0 Å². The van der Waals surface area contributed by atoms with Gasteiger partial charge in [0.2, 0.25) is 0 Å². The Bertz CT molecular complexity index is 905. The van der Waals surface area contributed by atoms with E-state index in [2.05, 4.69) is 76.3 Å². The summed E-state index contributed by atoms with van der Waals surface area (Å²) in [7, 11) is 2.21. The van der Waals surface area contributed by atoms with Gasteiger partial charge in [-0.1, -0.05) is 57.0 Å². The third-order valence-electron chi connectivity index (χ3n) is 6.20. The smallest absolute Gasteiger partial charge is 0.0964 e. The van der Waals surface area contributed by atoms with Gasteiger partial charge in [-0.25, -0.2) is 4.98 Å². The zero-order chi connectivity index (χ0) is 20.2. The average Bonchev–Trinajstić information content (AvgIpc) is 3.51. The van der Waals surface area contributed by atoms with E-state index in [0.717, 1.165) is 37.6 Å². The predicted octanol–water partition coefficient (Wildman–Crippen LogP) is 5.20. The molecule has 1 aliphatic carbocycles. The Balaban J connectivity index is 0.000000994. The number of anilines is 1. The zero-order valence-electron chi connectivity index (χ0n) is 18.1. The molecule has 2 fully saturated rings. The van der Waals surface area contributed by atoms with Crippen LogP contribution in [0.2, 0.25) is 0 Å². The van der Waals surface area contributed by atoms with E-state index >= 15 is 0 Å². The lowest BCUT2D eigenvalue weighted by molar-refractivity contribution is 0.313. The monoisotopic (exact) mass is 390 g/mol. The van der Waals surface area contributed by atoms with Crippen molar-refractivity contribution in [3.63, 3.8) is 0 Å². The van der Waals surface area contributed by atoms with Gasteiger partial charge >= 0.3 is 0 Å². The molecular formula is C25H34N4. The maximum Gasteiger partial charge on any atom is 0.0964 e. The first-order valence-electron chi connectivity index (χ1n) is 11.2. The van der Waals surface area contributed by atoms with Crippen molar-refractivity contribution in [1.82, 2.24) is 14.5 Å². The van der Waals surface area contributed by atoms with Crippen LogP contribution in [0.4, 0.5) is 5.69 Å². The first-order chi connectivity index (χ1) is 14.3. The second kappa shape index (κ2) is 9.00. The minimum absolute atomic E-state index is 0.381. The summed E-state index contributed by atoms with van der Waals surface area (Å²) in [6.45, 7) is 8.46. The molecule has 2 heterocycles. The Labute approximate surface area is 175 Å². The van der Waals surface area contributed by atoms with E-state index in [1.807, 2.05) is 13.8 Å². The number of hydrogen-bond acceptors (Lipinski definition) is 3. The lowest BCUT2D eigenvalue weighted by Crippen LogP contribution is -2.44. The minimum atomic E-state index is 0.381. The average molecular weight is 391 g/mol. The Morgan fingerprint density at radius 3 is 2.38 bits per heavy atom. The van der Waals surface area contributed by atoms with Gasteiger partial charge in [-0.3, -0.25) is 0 Å². The van der Waals surface area contributed by atoms with Gasteiger partial charge in [-0.2, -0.15) is 0 Å². The summed E-state index contributed by atoms with van der Waals surface area (Å²) < 4.78 is 2.42. The first-order valence-corrected chi connectivity index (χ1v) is 11.2. The molecule has 4 heteroatoms. The highest BCUT2D eigenvalue weighted by Gasteiger charge is 2.28. The second-order valence-corrected chi connectivity index (χ2v) is 8.22. The number of aromatic nitrogens is 2. The molecule has 1 aromatic heterocycles. The van der Waals surface area contributed by atoms with Crippen molar-refractivity contribution in [1.29, 1.82) is 0 Å². The summed E-state index contributed by atoms with van der Waals surface area (Å²) in [6.07, 6.45) is 6.03. The van der Waals surface area contributed by atoms with Crippen molar-refractivity contribution < 1.29 is 0 Å². The van der Waals surface area contributed by atoms with Crippen LogP contribution in [0, 0.1) is 5.92 Å². The highest BCUT2D eigenvalue weighted by atomic mass is 15.2. The molecule has 0 amide bonds. The summed E-state index contributed by atoms with van der Waals surface area (Å²) in [5.74, 6) is 0.869. The molecule has 3 aromatic rings. The molecular weight excluding hydrogens is 356 g/mol. The van der Waals surface area contributed by atoms with Crippen molar-refractivity contribution in [2.45, 2.75) is 39.2 Å². The van der Waals surface area contributed by atoms with Crippen molar-refractivity contribution in [3.05, 3.63) is 60.4 Å². The number of nitrogens with zero attached hydrogens (tertiary/aromatic N) is 4. The maximum absolute atomic E-state index is 4.73. The van der Waals surface area contributed by atoms with Gasteiger partial charge in [0.25, 0.3) is 0 Å². The van der Waals surface area contributed by atoms with E-state index in [9.17, 15) is 0 Å². The Hall–Kier alpha value is -2.33. The molecule has 154 valence electrons. The van der Waals surface area contributed by atoms with Gasteiger partial charge in [0.05, 0.1) is 23.4 Å². The quantitative estimate of drug-likeness (QED) is 0.598. The largest absolute Gasteiger partial charge is 0.369 e. The third-order valence-corrected chi connectivity index (χ3v) is 6.20. The number of likely N-dealkylation sites (N-methyl/N-ethyl adjacent to an activating group) is 1. The highest BCUT2D eigenvalue weighted by molar-refractivity contribution is 5.80. The van der Waals surface area contributed by atoms with Crippen LogP contribution in [0.25, 0.3) is 11.0 Å². The maximum atomic E-state index is 4.73. The second-order valence-electron chi connectivity index (χ2n) is 8.22. The van der Waals surface area contributed by atoms with Crippen LogP contribution < -0.4 is 4.90 Å². The fraction of sp³-hybridized carbons (Fsp3) is 0.480. The summed E-state index contributed by atoms with van der Waals surface area (Å²) in [5.41, 5.74) is 5.09. The van der Waals surface area contributed by atoms with Crippen molar-refractivity contribution in [3.8, 4) is 0 Å². The highest BCUT2D eigenvalue weighted by Crippen LogP contribution is 2.40. The summed E-state index contributed by atoms with van der Waals surface area (Å²) in [5, 5.41) is 0. The zero-order valence-corrected chi connectivity index (χ0v) is 18.1. The fourth-order valence-electron chi connectivity index (χ4n) is 4.28. The summed E-state index contributed by atoms with van der Waals surface area (Å²) in [6, 6.07) is 18.1. The van der Waals surface area contributed by atoms with E-state index in [-0.39, 0.29) is 0 Å². The number of rotatable bonds is 5. The molecule has 0 bridgehead atoms. The number of imidazole rings is 1. The number of piperazine rings is 1. The third kappa shape index (κ3) is 4.48. The lowest BCUT2D eigenvalue weighted by atomic mass is 10.0. The van der Waals surface area contributed by atoms with E-state index < -0.39 is 0 Å². The van der Waals surface area contributed by atoms with Gasteiger partial charge in [-0.15, -0.1) is 0 Å². The Morgan fingerprint density at radius 2 is 1.69 bits per heavy atom. The molecule has 4 nitrogen and oxygen atoms in total. The van der Waals surface area contributed by atoms with Crippen LogP contribution in [0.1, 0.15) is 44.7 Å². The predicted molar refractivity (Wildman–Crippen MR) is 123 cm³/mol. The van der Waals surface area contributed by atoms with Crippen molar-refractivity contribution in [2.75, 3.05) is 38.1 Å². The van der Waals surface area contributed by atoms with Crippen LogP contribution in [-0.2, 0) is 0 Å². The van der Waals surface area contributed by atoms with Crippen LogP contribution >= 0.6 is 0 Å². The molecule has 1 saturated carbocycles. The van der Waals surface area contributed by atoms with Gasteiger partial charge in [0.15, 0.2) is 0 Å². The molecule has 2 aliphatic rings. The topological polar surface area (TPSA) is 24.3 Å². The Kier molecular flexibility index (Phi) is 6.19. The molecule has 29 heavy (non-hydrogen) atoms. The molecule has 0 spiro atoms. The molecule has 1 atom stereocenters. The molecule has 5 rings (SSSR count). The number of benzene rings is 2. The minimum Gasteiger partial charge on any atom is -0.369 e. The van der Waals surface area contributed by atoms with Gasteiger partial charge in [0.1, 0.15) is 0 Å². The van der Waals surface area contributed by atoms with E-state index in [1.165, 1.54) is 36.0 Å². The van der Waals surface area contributed by atoms with Crippen molar-refractivity contribution in [2.24, 2.45) is 5.92 Å². The lowest BCUT2D eigenvalue weighted by Gasteiger charge is -2.34. The van der Waals surface area contributed by atoms with Gasteiger partial charge in [0, 0.05) is 31.9 Å². The van der Waals surface area contributed by atoms with Crippen LogP contribution in [0.5, 0.6) is 0 Å². The van der Waals surface area contributed by atoms with Crippen LogP contribution in [0.15, 0.2) is 54.9 Å². The molecule has 0 N–H and O–H groups in total. The number of fused-ring (bicyclic) bond motifs is 1. The van der Waals surface area contributed by atoms with E-state index in [4.69, 9.17) is 4.98 Å². The van der Waals surface area contributed by atoms with Crippen LogP contribution in [0.3, 0.4) is 0 Å². The first kappa shape index (κ1) is 20.0. The van der Waals surface area contributed by atoms with Gasteiger partial charge < -0.3 is 14.4 Å². The molecule has 2 aromatic carbocycles. The SMILES string of the molecule is CC.CN1CCN(c2ccc3ncn(C(CC4CC4)c4ccccc4)c3c2)CC1. The van der Waals surface area contributed by atoms with Gasteiger partial charge in [-0.05, 0) is 43.1 Å². The molecule has 0 radical (unpaired) electrons. The summed E-state index contributed by atoms with van der Waals surface area (Å²) >= 11 is 0.